The van der Waals surface area contributed by atoms with E-state index >= 15 is 0 Å². The summed E-state index contributed by atoms with van der Waals surface area (Å²) in [7, 11) is 0. The lowest BCUT2D eigenvalue weighted by Crippen LogP contribution is -2.38. The van der Waals surface area contributed by atoms with E-state index in [1.807, 2.05) is 36.8 Å². The Morgan fingerprint density at radius 1 is 1.06 bits per heavy atom. The molecule has 1 fully saturated rings. The Balaban J connectivity index is 1.11. The third-order valence-electron chi connectivity index (χ3n) is 8.48. The van der Waals surface area contributed by atoms with Crippen molar-refractivity contribution in [2.45, 2.75) is 65.0 Å². The third kappa shape index (κ3) is 7.61. The summed E-state index contributed by atoms with van der Waals surface area (Å²) >= 11 is 0. The standard InChI is InChI=1S/C35H35F2N7O4/c1-2-43-22-39-18-25(43)19-44-31-16-23(5-10-35(45)46)3-7-29(31)40-33(44)20-42-13-11-26(12-14-42)48-34-9-6-27(36)30(41-34)21-47-32-8-4-24(17-38)15-28(32)37/h3-4,6-9,15-16,18,22,26H,2,5,10-14,19-21H2,1H3,(H,45,46). The van der Waals surface area contributed by atoms with Crippen LogP contribution in [0, 0.1) is 23.0 Å². The van der Waals surface area contributed by atoms with Crippen LogP contribution in [0.2, 0.25) is 0 Å². The summed E-state index contributed by atoms with van der Waals surface area (Å²) in [5.41, 5.74) is 3.97. The average Bonchev–Trinajstić information content (AvgIpc) is 3.68. The van der Waals surface area contributed by atoms with Crippen LogP contribution in [-0.4, -0.2) is 59.3 Å². The molecule has 3 aromatic heterocycles. The molecule has 1 saturated heterocycles. The van der Waals surface area contributed by atoms with Gasteiger partial charge in [-0.2, -0.15) is 5.26 Å². The summed E-state index contributed by atoms with van der Waals surface area (Å²) in [5.74, 6) is -1.06. The molecular weight excluding hydrogens is 620 g/mol. The second kappa shape index (κ2) is 14.6. The zero-order valence-corrected chi connectivity index (χ0v) is 26.5. The molecule has 248 valence electrons. The number of aromatic nitrogens is 5. The predicted octanol–water partition coefficient (Wildman–Crippen LogP) is 5.49. The van der Waals surface area contributed by atoms with Gasteiger partial charge in [0.05, 0.1) is 47.8 Å². The van der Waals surface area contributed by atoms with Gasteiger partial charge < -0.3 is 23.7 Å². The maximum atomic E-state index is 14.5. The van der Waals surface area contributed by atoms with Gasteiger partial charge in [0.1, 0.15) is 30.0 Å². The second-order valence-corrected chi connectivity index (χ2v) is 11.7. The average molecular weight is 656 g/mol. The molecule has 0 bridgehead atoms. The molecule has 13 heteroatoms. The van der Waals surface area contributed by atoms with Crippen LogP contribution in [-0.2, 0) is 37.5 Å². The number of aliphatic carboxylic acids is 1. The molecule has 11 nitrogen and oxygen atoms in total. The minimum absolute atomic E-state index is 0.0110. The van der Waals surface area contributed by atoms with Crippen molar-refractivity contribution >= 4 is 17.0 Å². The molecule has 0 spiro atoms. The van der Waals surface area contributed by atoms with E-state index in [0.29, 0.717) is 19.5 Å². The smallest absolute Gasteiger partial charge is 0.303 e. The summed E-state index contributed by atoms with van der Waals surface area (Å²) in [6.45, 7) is 5.27. The minimum atomic E-state index is -0.829. The van der Waals surface area contributed by atoms with Gasteiger partial charge in [-0.25, -0.2) is 23.7 Å². The van der Waals surface area contributed by atoms with Crippen molar-refractivity contribution in [3.63, 3.8) is 0 Å². The molecule has 48 heavy (non-hydrogen) atoms. The van der Waals surface area contributed by atoms with Gasteiger partial charge in [-0.05, 0) is 68.1 Å². The first-order valence-electron chi connectivity index (χ1n) is 15.8. The van der Waals surface area contributed by atoms with Crippen molar-refractivity contribution in [1.82, 2.24) is 29.0 Å². The van der Waals surface area contributed by atoms with Crippen LogP contribution in [0.3, 0.4) is 0 Å². The quantitative estimate of drug-likeness (QED) is 0.175. The van der Waals surface area contributed by atoms with E-state index in [1.165, 1.54) is 24.3 Å². The number of fused-ring (bicyclic) bond motifs is 1. The number of pyridine rings is 1. The van der Waals surface area contributed by atoms with Gasteiger partial charge in [-0.1, -0.05) is 6.07 Å². The molecule has 0 atom stereocenters. The van der Waals surface area contributed by atoms with E-state index in [0.717, 1.165) is 66.7 Å². The Hall–Kier alpha value is -5.35. The number of nitriles is 1. The van der Waals surface area contributed by atoms with Gasteiger partial charge >= 0.3 is 5.97 Å². The van der Waals surface area contributed by atoms with E-state index in [9.17, 15) is 18.7 Å². The highest BCUT2D eigenvalue weighted by molar-refractivity contribution is 5.77. The zero-order chi connectivity index (χ0) is 33.6. The van der Waals surface area contributed by atoms with Gasteiger partial charge in [0, 0.05) is 38.3 Å². The second-order valence-electron chi connectivity index (χ2n) is 11.7. The Morgan fingerprint density at radius 2 is 1.90 bits per heavy atom. The number of piperidine rings is 1. The number of carbonyl (C=O) groups is 1. The molecule has 0 unspecified atom stereocenters. The lowest BCUT2D eigenvalue weighted by Gasteiger charge is -2.31. The molecule has 5 aromatic rings. The molecule has 1 aliphatic rings. The van der Waals surface area contributed by atoms with Crippen molar-refractivity contribution < 1.29 is 28.2 Å². The fraction of sp³-hybridized carbons (Fsp3) is 0.343. The van der Waals surface area contributed by atoms with Crippen LogP contribution in [0.4, 0.5) is 8.78 Å². The number of halogens is 2. The Labute approximate surface area is 276 Å². The highest BCUT2D eigenvalue weighted by Crippen LogP contribution is 2.25. The number of aryl methyl sites for hydroxylation is 2. The van der Waals surface area contributed by atoms with Crippen molar-refractivity contribution in [3.8, 4) is 17.7 Å². The van der Waals surface area contributed by atoms with Crippen LogP contribution in [0.25, 0.3) is 11.0 Å². The minimum Gasteiger partial charge on any atom is -0.484 e. The highest BCUT2D eigenvalue weighted by atomic mass is 19.1. The first kappa shape index (κ1) is 32.6. The molecule has 1 aliphatic heterocycles. The fourth-order valence-electron chi connectivity index (χ4n) is 5.87. The largest absolute Gasteiger partial charge is 0.484 e. The summed E-state index contributed by atoms with van der Waals surface area (Å²) in [6, 6.07) is 14.3. The van der Waals surface area contributed by atoms with Crippen LogP contribution < -0.4 is 9.47 Å². The molecule has 4 heterocycles. The van der Waals surface area contributed by atoms with Gasteiger partial charge in [0.15, 0.2) is 11.6 Å². The number of ether oxygens (including phenoxy) is 2. The van der Waals surface area contributed by atoms with Crippen LogP contribution in [0.15, 0.2) is 61.1 Å². The summed E-state index contributed by atoms with van der Waals surface area (Å²) in [4.78, 5) is 27.1. The van der Waals surface area contributed by atoms with Crippen LogP contribution >= 0.6 is 0 Å². The Morgan fingerprint density at radius 3 is 2.65 bits per heavy atom. The van der Waals surface area contributed by atoms with E-state index in [4.69, 9.17) is 19.7 Å². The van der Waals surface area contributed by atoms with Crippen molar-refractivity contribution in [3.05, 3.63) is 101 Å². The zero-order valence-electron chi connectivity index (χ0n) is 26.5. The van der Waals surface area contributed by atoms with Gasteiger partial charge in [-0.15, -0.1) is 0 Å². The first-order valence-corrected chi connectivity index (χ1v) is 15.8. The molecule has 0 aliphatic carbocycles. The van der Waals surface area contributed by atoms with Crippen LogP contribution in [0.1, 0.15) is 54.5 Å². The number of likely N-dealkylation sites (tertiary alicyclic amines) is 1. The SMILES string of the molecule is CCn1cncc1Cn1c(CN2CCC(Oc3ccc(F)c(COc4ccc(C#N)cc4F)n3)CC2)nc2ccc(CCC(=O)O)cc21. The number of benzene rings is 2. The normalized spacial score (nSPS) is 13.9. The van der Waals surface area contributed by atoms with Gasteiger partial charge in [-0.3, -0.25) is 9.69 Å². The first-order chi connectivity index (χ1) is 23.3. The number of nitrogens with zero attached hydrogens (tertiary/aromatic N) is 7. The summed E-state index contributed by atoms with van der Waals surface area (Å²) in [5, 5.41) is 18.1. The molecule has 2 aromatic carbocycles. The molecule has 0 radical (unpaired) electrons. The van der Waals surface area contributed by atoms with Gasteiger partial charge in [0.2, 0.25) is 5.88 Å². The maximum Gasteiger partial charge on any atom is 0.303 e. The van der Waals surface area contributed by atoms with Crippen molar-refractivity contribution in [2.24, 2.45) is 0 Å². The predicted molar refractivity (Wildman–Crippen MR) is 171 cm³/mol. The lowest BCUT2D eigenvalue weighted by atomic mass is 10.1. The number of imidazole rings is 2. The Kier molecular flexibility index (Phi) is 9.91. The Bertz CT molecular complexity index is 1960. The molecule has 1 N–H and O–H groups in total. The molecule has 6 rings (SSSR count). The molecule has 0 saturated carbocycles. The summed E-state index contributed by atoms with van der Waals surface area (Å²) < 4.78 is 44.6. The maximum absolute atomic E-state index is 14.5. The van der Waals surface area contributed by atoms with Crippen molar-refractivity contribution in [2.75, 3.05) is 13.1 Å². The highest BCUT2D eigenvalue weighted by Gasteiger charge is 2.24. The van der Waals surface area contributed by atoms with E-state index in [2.05, 4.69) is 30.9 Å². The fourth-order valence-corrected chi connectivity index (χ4v) is 5.87. The number of carboxylic acids is 1. The van der Waals surface area contributed by atoms with E-state index < -0.39 is 17.6 Å². The monoisotopic (exact) mass is 655 g/mol. The van der Waals surface area contributed by atoms with Crippen LogP contribution in [0.5, 0.6) is 11.6 Å². The van der Waals surface area contributed by atoms with E-state index in [-0.39, 0.29) is 42.0 Å². The van der Waals surface area contributed by atoms with Crippen molar-refractivity contribution in [1.29, 1.82) is 5.26 Å². The third-order valence-corrected chi connectivity index (χ3v) is 8.48. The number of carboxylic acid groups (broad SMARTS) is 1. The number of hydrogen-bond donors (Lipinski definition) is 1. The van der Waals surface area contributed by atoms with Gasteiger partial charge in [0.25, 0.3) is 0 Å². The lowest BCUT2D eigenvalue weighted by molar-refractivity contribution is -0.136. The molecule has 0 amide bonds. The number of rotatable bonds is 13. The van der Waals surface area contributed by atoms with E-state index in [1.54, 1.807) is 0 Å². The topological polar surface area (TPSA) is 131 Å². The summed E-state index contributed by atoms with van der Waals surface area (Å²) in [6.07, 6.45) is 5.51. The molecular formula is C35H35F2N7O4. The number of hydrogen-bond acceptors (Lipinski definition) is 8.